The molecule has 1 aliphatic heterocycles. The Labute approximate surface area is 223 Å². The van der Waals surface area contributed by atoms with E-state index in [1.165, 1.54) is 12.1 Å². The number of thioether (sulfide) groups is 1. The molecule has 196 valence electrons. The van der Waals surface area contributed by atoms with Gasteiger partial charge in [0.1, 0.15) is 17.2 Å². The Morgan fingerprint density at radius 1 is 1.00 bits per heavy atom. The van der Waals surface area contributed by atoms with Crippen molar-refractivity contribution < 1.29 is 28.0 Å². The van der Waals surface area contributed by atoms with Crippen molar-refractivity contribution in [3.8, 4) is 22.8 Å². The number of aromatic nitrogens is 1. The molecule has 0 radical (unpaired) electrons. The molecule has 0 aliphatic carbocycles. The van der Waals surface area contributed by atoms with Gasteiger partial charge in [0.15, 0.2) is 5.58 Å². The molecule has 38 heavy (non-hydrogen) atoms. The average molecular weight is 535 g/mol. The number of nitrogens with zero attached hydrogens (tertiary/aromatic N) is 1. The number of imide groups is 1. The van der Waals surface area contributed by atoms with E-state index in [1.54, 1.807) is 12.1 Å². The van der Waals surface area contributed by atoms with E-state index in [-0.39, 0.29) is 5.56 Å². The van der Waals surface area contributed by atoms with Crippen molar-refractivity contribution in [2.75, 3.05) is 13.2 Å². The molecule has 1 fully saturated rings. The Morgan fingerprint density at radius 3 is 2.58 bits per heavy atom. The predicted molar refractivity (Wildman–Crippen MR) is 144 cm³/mol. The highest BCUT2D eigenvalue weighted by Crippen LogP contribution is 2.43. The van der Waals surface area contributed by atoms with E-state index in [1.807, 2.05) is 41.7 Å². The lowest BCUT2D eigenvalue weighted by atomic mass is 9.97. The zero-order chi connectivity index (χ0) is 26.5. The zero-order valence-corrected chi connectivity index (χ0v) is 21.7. The number of rotatable bonds is 11. The van der Waals surface area contributed by atoms with Crippen LogP contribution in [0.3, 0.4) is 0 Å². The molecule has 1 aliphatic rings. The summed E-state index contributed by atoms with van der Waals surface area (Å²) in [5.41, 5.74) is 3.77. The molecule has 0 saturated carbocycles. The standard InChI is InChI=1S/C29H27FN2O5S/c1-2-9-21-22(26-23-12-3-4-14-25(23)37-32-26)13-8-15-24(21)36-17-6-5-16-35-20-11-7-10-19(18-20)29(30)27(33)31-28(34)38-29/h3-4,7-8,10-15,18H,2,5-6,9,16-17H2,1H3,(H,31,33,34). The minimum atomic E-state index is -2.44. The highest BCUT2D eigenvalue weighted by molar-refractivity contribution is 8.15. The summed E-state index contributed by atoms with van der Waals surface area (Å²) in [7, 11) is 0. The number of halogens is 1. The maximum atomic E-state index is 15.1. The van der Waals surface area contributed by atoms with E-state index in [2.05, 4.69) is 18.1 Å². The number of nitrogens with one attached hydrogen (secondary N) is 1. The fraction of sp³-hybridized carbons (Fsp3) is 0.276. The molecule has 4 aromatic rings. The Kier molecular flexibility index (Phi) is 7.64. The number of hydrogen-bond donors (Lipinski definition) is 1. The first-order valence-electron chi connectivity index (χ1n) is 12.6. The van der Waals surface area contributed by atoms with E-state index in [0.717, 1.165) is 59.2 Å². The lowest BCUT2D eigenvalue weighted by Gasteiger charge is -2.16. The molecular weight excluding hydrogens is 507 g/mol. The molecule has 5 rings (SSSR count). The highest BCUT2D eigenvalue weighted by Gasteiger charge is 2.50. The Bertz CT molecular complexity index is 1470. The van der Waals surface area contributed by atoms with Crippen LogP contribution in [0.2, 0.25) is 0 Å². The van der Waals surface area contributed by atoms with Gasteiger partial charge in [-0.2, -0.15) is 0 Å². The fourth-order valence-electron chi connectivity index (χ4n) is 4.44. The van der Waals surface area contributed by atoms with Gasteiger partial charge in [0.05, 0.1) is 13.2 Å². The summed E-state index contributed by atoms with van der Waals surface area (Å²) in [6.45, 7) is 3.04. The number of fused-ring (bicyclic) bond motifs is 1. The van der Waals surface area contributed by atoms with Crippen molar-refractivity contribution in [2.24, 2.45) is 0 Å². The number of benzene rings is 3. The molecule has 0 bridgehead atoms. The third kappa shape index (κ3) is 5.24. The second-order valence-electron chi connectivity index (χ2n) is 8.93. The zero-order valence-electron chi connectivity index (χ0n) is 20.9. The first kappa shape index (κ1) is 25.8. The van der Waals surface area contributed by atoms with Gasteiger partial charge in [-0.1, -0.05) is 54.9 Å². The molecule has 1 saturated heterocycles. The van der Waals surface area contributed by atoms with Gasteiger partial charge >= 0.3 is 0 Å². The number of alkyl halides is 1. The number of unbranched alkanes of at least 4 members (excludes halogenated alkanes) is 1. The van der Waals surface area contributed by atoms with E-state index < -0.39 is 16.1 Å². The van der Waals surface area contributed by atoms with Crippen molar-refractivity contribution in [2.45, 2.75) is 37.6 Å². The molecular formula is C29H27FN2O5S. The molecule has 1 N–H and O–H groups in total. The molecule has 1 aromatic heterocycles. The van der Waals surface area contributed by atoms with Crippen molar-refractivity contribution in [3.05, 3.63) is 77.9 Å². The molecule has 1 unspecified atom stereocenters. The summed E-state index contributed by atoms with van der Waals surface area (Å²) in [6.07, 6.45) is 3.28. The van der Waals surface area contributed by atoms with Gasteiger partial charge in [0.2, 0.25) is 0 Å². The van der Waals surface area contributed by atoms with Crippen LogP contribution in [0.4, 0.5) is 9.18 Å². The van der Waals surface area contributed by atoms with Crippen LogP contribution in [0.15, 0.2) is 71.3 Å². The molecule has 0 spiro atoms. The molecule has 9 heteroatoms. The number of para-hydroxylation sites is 1. The topological polar surface area (TPSA) is 90.7 Å². The van der Waals surface area contributed by atoms with Gasteiger partial charge in [0.25, 0.3) is 16.1 Å². The van der Waals surface area contributed by atoms with Crippen LogP contribution in [0.1, 0.15) is 37.3 Å². The molecule has 7 nitrogen and oxygen atoms in total. The van der Waals surface area contributed by atoms with Crippen molar-refractivity contribution >= 4 is 33.9 Å². The normalized spacial score (nSPS) is 17.1. The van der Waals surface area contributed by atoms with Gasteiger partial charge in [-0.05, 0) is 61.4 Å². The van der Waals surface area contributed by atoms with Crippen LogP contribution < -0.4 is 14.8 Å². The summed E-state index contributed by atoms with van der Waals surface area (Å²) in [5.74, 6) is 0.302. The van der Waals surface area contributed by atoms with E-state index >= 15 is 4.39 Å². The van der Waals surface area contributed by atoms with Crippen LogP contribution in [0.5, 0.6) is 11.5 Å². The van der Waals surface area contributed by atoms with Crippen LogP contribution in [0.25, 0.3) is 22.2 Å². The van der Waals surface area contributed by atoms with Gasteiger partial charge < -0.3 is 14.0 Å². The molecule has 3 aromatic carbocycles. The van der Waals surface area contributed by atoms with Crippen LogP contribution in [-0.2, 0) is 16.2 Å². The second kappa shape index (κ2) is 11.3. The Morgan fingerprint density at radius 2 is 1.79 bits per heavy atom. The van der Waals surface area contributed by atoms with E-state index in [0.29, 0.717) is 30.7 Å². The van der Waals surface area contributed by atoms with Crippen LogP contribution in [0, 0.1) is 0 Å². The fourth-order valence-corrected chi connectivity index (χ4v) is 5.22. The minimum Gasteiger partial charge on any atom is -0.494 e. The number of amides is 2. The van der Waals surface area contributed by atoms with E-state index in [4.69, 9.17) is 14.0 Å². The van der Waals surface area contributed by atoms with Crippen molar-refractivity contribution in [1.29, 1.82) is 0 Å². The summed E-state index contributed by atoms with van der Waals surface area (Å²) in [5, 5.41) is 4.15. The average Bonchev–Trinajstić information content (AvgIpc) is 3.47. The summed E-state index contributed by atoms with van der Waals surface area (Å²) >= 11 is 0.328. The largest absolute Gasteiger partial charge is 0.494 e. The van der Waals surface area contributed by atoms with E-state index in [9.17, 15) is 9.59 Å². The lowest BCUT2D eigenvalue weighted by Crippen LogP contribution is -2.30. The predicted octanol–water partition coefficient (Wildman–Crippen LogP) is 6.79. The molecule has 2 amide bonds. The second-order valence-corrected chi connectivity index (χ2v) is 10.1. The van der Waals surface area contributed by atoms with Gasteiger partial charge in [0, 0.05) is 22.1 Å². The van der Waals surface area contributed by atoms with Crippen molar-refractivity contribution in [1.82, 2.24) is 10.5 Å². The third-order valence-electron chi connectivity index (χ3n) is 6.28. The minimum absolute atomic E-state index is 0.0786. The third-order valence-corrected chi connectivity index (χ3v) is 7.27. The quantitative estimate of drug-likeness (QED) is 0.212. The number of carbonyl (C=O) groups is 2. The number of hydrogen-bond acceptors (Lipinski definition) is 7. The van der Waals surface area contributed by atoms with Crippen molar-refractivity contribution in [3.63, 3.8) is 0 Å². The summed E-state index contributed by atoms with van der Waals surface area (Å²) in [4.78, 5) is 23.3. The smallest absolute Gasteiger partial charge is 0.289 e. The maximum Gasteiger partial charge on any atom is 0.289 e. The monoisotopic (exact) mass is 534 g/mol. The lowest BCUT2D eigenvalue weighted by molar-refractivity contribution is -0.126. The van der Waals surface area contributed by atoms with Crippen LogP contribution >= 0.6 is 11.8 Å². The first-order valence-corrected chi connectivity index (χ1v) is 13.4. The first-order chi connectivity index (χ1) is 18.5. The van der Waals surface area contributed by atoms with Gasteiger partial charge in [-0.15, -0.1) is 0 Å². The Hall–Kier alpha value is -3.85. The summed E-state index contributed by atoms with van der Waals surface area (Å²) < 4.78 is 32.5. The van der Waals surface area contributed by atoms with Gasteiger partial charge in [-0.3, -0.25) is 14.9 Å². The highest BCUT2D eigenvalue weighted by atomic mass is 32.2. The Balaban J connectivity index is 1.17. The number of ether oxygens (including phenoxy) is 2. The number of carbonyl (C=O) groups excluding carboxylic acids is 2. The molecule has 1 atom stereocenters. The maximum absolute atomic E-state index is 15.1. The molecule has 2 heterocycles. The summed E-state index contributed by atoms with van der Waals surface area (Å²) in [6, 6.07) is 20.0. The SMILES string of the molecule is CCCc1c(OCCCCOc2cccc(C3(F)SC(=O)NC3=O)c2)cccc1-c1noc2ccccc12. The van der Waals surface area contributed by atoms with Gasteiger partial charge in [-0.25, -0.2) is 4.39 Å². The van der Waals surface area contributed by atoms with Crippen LogP contribution in [-0.4, -0.2) is 29.5 Å².